The molecule has 3 rings (SSSR count). The Morgan fingerprint density at radius 2 is 2.04 bits per heavy atom. The van der Waals surface area contributed by atoms with E-state index >= 15 is 0 Å². The highest BCUT2D eigenvalue weighted by molar-refractivity contribution is 5.71. The topological polar surface area (TPSA) is 79.2 Å². The Kier molecular flexibility index (Phi) is 6.49. The summed E-state index contributed by atoms with van der Waals surface area (Å²) in [5.74, 6) is -0.955. The molecular formula is C21H24FNO5. The summed E-state index contributed by atoms with van der Waals surface area (Å²) in [5.41, 5.74) is 1.67. The lowest BCUT2D eigenvalue weighted by Gasteiger charge is -2.34. The predicted octanol–water partition coefficient (Wildman–Crippen LogP) is 2.68. The number of piperidine rings is 1. The van der Waals surface area contributed by atoms with E-state index in [2.05, 4.69) is 0 Å². The Balaban J connectivity index is 1.65. The quantitative estimate of drug-likeness (QED) is 0.758. The highest BCUT2D eigenvalue weighted by atomic mass is 19.1. The summed E-state index contributed by atoms with van der Waals surface area (Å²) >= 11 is 0. The number of hydrogen-bond acceptors (Lipinski definition) is 5. The van der Waals surface area contributed by atoms with E-state index in [-0.39, 0.29) is 12.4 Å². The van der Waals surface area contributed by atoms with Crippen molar-refractivity contribution < 1.29 is 28.9 Å². The number of nitrogens with zero attached hydrogens (tertiary/aromatic N) is 1. The molecule has 0 radical (unpaired) electrons. The number of methoxy groups -OCH3 is 1. The molecule has 150 valence electrons. The standard InChI is InChI=1S/C21H24FNO5/c1-27-20-10-14(11-23-8-7-18(24)17(12-23)21(25)26)5-6-19(20)28-13-15-3-2-4-16(22)9-15/h2-6,9-10,17-18,24H,7-8,11-13H2,1H3,(H,25,26). The third-order valence-electron chi connectivity index (χ3n) is 4.90. The van der Waals surface area contributed by atoms with Crippen LogP contribution in [0.25, 0.3) is 0 Å². The number of likely N-dealkylation sites (tertiary alicyclic amines) is 1. The maximum Gasteiger partial charge on any atom is 0.310 e. The minimum atomic E-state index is -0.976. The SMILES string of the molecule is COc1cc(CN2CCC(O)C(C(=O)O)C2)ccc1OCc1cccc(F)c1. The van der Waals surface area contributed by atoms with E-state index in [4.69, 9.17) is 9.47 Å². The number of halogens is 1. The van der Waals surface area contributed by atoms with Crippen LogP contribution < -0.4 is 9.47 Å². The zero-order valence-electron chi connectivity index (χ0n) is 15.7. The van der Waals surface area contributed by atoms with Crippen LogP contribution >= 0.6 is 0 Å². The van der Waals surface area contributed by atoms with E-state index in [1.165, 1.54) is 12.1 Å². The smallest absolute Gasteiger partial charge is 0.310 e. The van der Waals surface area contributed by atoms with Crippen LogP contribution in [-0.2, 0) is 17.9 Å². The molecule has 2 unspecified atom stereocenters. The van der Waals surface area contributed by atoms with Gasteiger partial charge in [-0.3, -0.25) is 9.69 Å². The van der Waals surface area contributed by atoms with E-state index in [0.717, 1.165) is 11.1 Å². The van der Waals surface area contributed by atoms with Crippen molar-refractivity contribution in [3.8, 4) is 11.5 Å². The molecule has 28 heavy (non-hydrogen) atoms. The second-order valence-electron chi connectivity index (χ2n) is 6.94. The normalized spacial score (nSPS) is 20.0. The Bertz CT molecular complexity index is 828. The summed E-state index contributed by atoms with van der Waals surface area (Å²) in [6, 6.07) is 11.8. The zero-order chi connectivity index (χ0) is 20.1. The number of carboxylic acid groups (broad SMARTS) is 1. The van der Waals surface area contributed by atoms with E-state index in [1.807, 2.05) is 17.0 Å². The fourth-order valence-electron chi connectivity index (χ4n) is 3.37. The van der Waals surface area contributed by atoms with E-state index in [0.29, 0.717) is 37.6 Å². The van der Waals surface area contributed by atoms with Gasteiger partial charge >= 0.3 is 5.97 Å². The van der Waals surface area contributed by atoms with E-state index in [9.17, 15) is 19.4 Å². The molecule has 1 aliphatic heterocycles. The number of rotatable bonds is 7. The summed E-state index contributed by atoms with van der Waals surface area (Å²) in [5, 5.41) is 19.1. The van der Waals surface area contributed by atoms with Crippen LogP contribution in [0.4, 0.5) is 4.39 Å². The van der Waals surface area contributed by atoms with Crippen LogP contribution in [0.1, 0.15) is 17.5 Å². The summed E-state index contributed by atoms with van der Waals surface area (Å²) in [4.78, 5) is 13.3. The Labute approximate surface area is 163 Å². The Hall–Kier alpha value is -2.64. The molecule has 2 aromatic carbocycles. The van der Waals surface area contributed by atoms with Crippen molar-refractivity contribution in [2.45, 2.75) is 25.7 Å². The average molecular weight is 389 g/mol. The van der Waals surface area contributed by atoms with Gasteiger partial charge in [0.15, 0.2) is 11.5 Å². The molecule has 0 aliphatic carbocycles. The highest BCUT2D eigenvalue weighted by Gasteiger charge is 2.33. The lowest BCUT2D eigenvalue weighted by molar-refractivity contribution is -0.149. The third-order valence-corrected chi connectivity index (χ3v) is 4.90. The number of hydrogen-bond donors (Lipinski definition) is 2. The van der Waals surface area contributed by atoms with Gasteiger partial charge < -0.3 is 19.7 Å². The first-order chi connectivity index (χ1) is 13.5. The molecule has 0 aromatic heterocycles. The van der Waals surface area contributed by atoms with Gasteiger partial charge in [-0.2, -0.15) is 0 Å². The van der Waals surface area contributed by atoms with Gasteiger partial charge in [-0.05, 0) is 41.8 Å². The molecule has 1 fully saturated rings. The molecule has 1 aliphatic rings. The maximum absolute atomic E-state index is 13.3. The minimum absolute atomic E-state index is 0.220. The number of benzene rings is 2. The van der Waals surface area contributed by atoms with Gasteiger partial charge in [0, 0.05) is 19.6 Å². The van der Waals surface area contributed by atoms with E-state index < -0.39 is 18.0 Å². The van der Waals surface area contributed by atoms with Crippen molar-refractivity contribution in [2.24, 2.45) is 5.92 Å². The molecular weight excluding hydrogens is 365 g/mol. The number of aliphatic carboxylic acids is 1. The van der Waals surface area contributed by atoms with E-state index in [1.54, 1.807) is 25.3 Å². The lowest BCUT2D eigenvalue weighted by Crippen LogP contribution is -2.46. The average Bonchev–Trinajstić information content (AvgIpc) is 2.68. The molecule has 7 heteroatoms. The molecule has 1 heterocycles. The van der Waals surface area contributed by atoms with Crippen LogP contribution in [-0.4, -0.2) is 47.4 Å². The summed E-state index contributed by atoms with van der Waals surface area (Å²) in [6.45, 7) is 1.70. The van der Waals surface area contributed by atoms with Crippen molar-refractivity contribution in [2.75, 3.05) is 20.2 Å². The van der Waals surface area contributed by atoms with Gasteiger partial charge in [0.1, 0.15) is 12.4 Å². The minimum Gasteiger partial charge on any atom is -0.493 e. The second-order valence-corrected chi connectivity index (χ2v) is 6.94. The van der Waals surface area contributed by atoms with Crippen LogP contribution in [0.2, 0.25) is 0 Å². The summed E-state index contributed by atoms with van der Waals surface area (Å²) < 4.78 is 24.5. The van der Waals surface area contributed by atoms with Crippen LogP contribution in [0, 0.1) is 11.7 Å². The van der Waals surface area contributed by atoms with Gasteiger partial charge in [-0.25, -0.2) is 4.39 Å². The Morgan fingerprint density at radius 1 is 1.21 bits per heavy atom. The lowest BCUT2D eigenvalue weighted by atomic mass is 9.94. The molecule has 0 amide bonds. The number of aliphatic hydroxyl groups is 1. The van der Waals surface area contributed by atoms with Crippen LogP contribution in [0.15, 0.2) is 42.5 Å². The van der Waals surface area contributed by atoms with Gasteiger partial charge in [-0.1, -0.05) is 18.2 Å². The predicted molar refractivity (Wildman–Crippen MR) is 101 cm³/mol. The van der Waals surface area contributed by atoms with Gasteiger partial charge in [0.05, 0.1) is 19.1 Å². The van der Waals surface area contributed by atoms with Gasteiger partial charge in [0.25, 0.3) is 0 Å². The monoisotopic (exact) mass is 389 g/mol. The number of carbonyl (C=O) groups is 1. The molecule has 0 bridgehead atoms. The largest absolute Gasteiger partial charge is 0.493 e. The first kappa shape index (κ1) is 20.1. The third kappa shape index (κ3) is 4.99. The fraction of sp³-hybridized carbons (Fsp3) is 0.381. The fourth-order valence-corrected chi connectivity index (χ4v) is 3.37. The molecule has 2 N–H and O–H groups in total. The van der Waals surface area contributed by atoms with Gasteiger partial charge in [0.2, 0.25) is 0 Å². The Morgan fingerprint density at radius 3 is 2.75 bits per heavy atom. The summed E-state index contributed by atoms with van der Waals surface area (Å²) in [6.07, 6.45) is -0.370. The maximum atomic E-state index is 13.3. The van der Waals surface area contributed by atoms with Crippen molar-refractivity contribution >= 4 is 5.97 Å². The molecule has 1 saturated heterocycles. The zero-order valence-corrected chi connectivity index (χ0v) is 15.7. The molecule has 2 atom stereocenters. The first-order valence-electron chi connectivity index (χ1n) is 9.13. The molecule has 6 nitrogen and oxygen atoms in total. The molecule has 0 saturated carbocycles. The second kappa shape index (κ2) is 9.03. The van der Waals surface area contributed by atoms with Crippen molar-refractivity contribution in [3.05, 3.63) is 59.4 Å². The highest BCUT2D eigenvalue weighted by Crippen LogP contribution is 2.30. The number of aliphatic hydroxyl groups excluding tert-OH is 1. The van der Waals surface area contributed by atoms with Crippen molar-refractivity contribution in [1.29, 1.82) is 0 Å². The number of carboxylic acids is 1. The van der Waals surface area contributed by atoms with Crippen molar-refractivity contribution in [3.63, 3.8) is 0 Å². The number of ether oxygens (including phenoxy) is 2. The molecule has 0 spiro atoms. The molecule has 2 aromatic rings. The van der Waals surface area contributed by atoms with Crippen molar-refractivity contribution in [1.82, 2.24) is 4.90 Å². The van der Waals surface area contributed by atoms with Crippen LogP contribution in [0.3, 0.4) is 0 Å². The summed E-state index contributed by atoms with van der Waals surface area (Å²) in [7, 11) is 1.55. The first-order valence-corrected chi connectivity index (χ1v) is 9.13. The van der Waals surface area contributed by atoms with Crippen LogP contribution in [0.5, 0.6) is 11.5 Å². The van der Waals surface area contributed by atoms with Gasteiger partial charge in [-0.15, -0.1) is 0 Å².